The van der Waals surface area contributed by atoms with Gasteiger partial charge in [0, 0.05) is 5.56 Å². The summed E-state index contributed by atoms with van der Waals surface area (Å²) in [4.78, 5) is 33.0. The van der Waals surface area contributed by atoms with Gasteiger partial charge in [-0.2, -0.15) is 0 Å². The number of fused-ring (bicyclic) bond motifs is 1. The number of hydrogen-bond donors (Lipinski definition) is 1. The van der Waals surface area contributed by atoms with E-state index in [1.807, 2.05) is 56.3 Å². The number of benzene rings is 3. The van der Waals surface area contributed by atoms with Crippen LogP contribution in [0.25, 0.3) is 16.0 Å². The minimum atomic E-state index is -0.811. The highest BCUT2D eigenvalue weighted by atomic mass is 32.1. The van der Waals surface area contributed by atoms with Gasteiger partial charge in [0.1, 0.15) is 11.5 Å². The first-order chi connectivity index (χ1) is 17.8. The van der Waals surface area contributed by atoms with Crippen LogP contribution in [0.5, 0.6) is 5.75 Å². The SMILES string of the molecule is CCOc1ccc(C(O)=C2C(=O)C(=O)N(c3nc4ccc(C)cc4s3)[C@H]2c2ccc(C(C)C)cc2)cc1. The van der Waals surface area contributed by atoms with E-state index in [1.54, 1.807) is 24.3 Å². The number of thiazole rings is 1. The zero-order valence-electron chi connectivity index (χ0n) is 21.2. The maximum absolute atomic E-state index is 13.5. The number of hydrogen-bond acceptors (Lipinski definition) is 6. The molecule has 4 aromatic rings. The highest BCUT2D eigenvalue weighted by Gasteiger charge is 2.48. The highest BCUT2D eigenvalue weighted by Crippen LogP contribution is 2.44. The lowest BCUT2D eigenvalue weighted by Gasteiger charge is -2.23. The minimum absolute atomic E-state index is 0.0434. The maximum atomic E-state index is 13.5. The Hall–Kier alpha value is -3.97. The monoisotopic (exact) mass is 512 g/mol. The molecule has 6 nitrogen and oxygen atoms in total. The first-order valence-corrected chi connectivity index (χ1v) is 13.1. The Balaban J connectivity index is 1.68. The number of anilines is 1. The predicted molar refractivity (Wildman–Crippen MR) is 147 cm³/mol. The molecule has 1 fully saturated rings. The van der Waals surface area contributed by atoms with Gasteiger partial charge in [-0.3, -0.25) is 14.5 Å². The predicted octanol–water partition coefficient (Wildman–Crippen LogP) is 6.75. The number of aliphatic hydroxyl groups is 1. The van der Waals surface area contributed by atoms with E-state index in [-0.39, 0.29) is 11.3 Å². The largest absolute Gasteiger partial charge is 0.507 e. The number of carbonyl (C=O) groups is 2. The van der Waals surface area contributed by atoms with Crippen molar-refractivity contribution >= 4 is 44.1 Å². The van der Waals surface area contributed by atoms with Crippen LogP contribution in [0.15, 0.2) is 72.3 Å². The molecule has 0 unspecified atom stereocenters. The Labute approximate surface area is 219 Å². The standard InChI is InChI=1S/C30H28N2O4S/c1-5-36-22-13-11-21(12-14-22)27(33)25-26(20-9-7-19(8-10-20)17(2)3)32(29(35)28(25)34)30-31-23-15-6-18(4)16-24(23)37-30/h6-17,26,33H,5H2,1-4H3/t26-/m0/s1. The number of aryl methyl sites for hydroxylation is 1. The molecule has 1 atom stereocenters. The van der Waals surface area contributed by atoms with E-state index in [4.69, 9.17) is 9.72 Å². The molecule has 2 heterocycles. The fraction of sp³-hybridized carbons (Fsp3) is 0.233. The first-order valence-electron chi connectivity index (χ1n) is 12.3. The van der Waals surface area contributed by atoms with Crippen LogP contribution in [-0.4, -0.2) is 28.4 Å². The Morgan fingerprint density at radius 2 is 1.76 bits per heavy atom. The maximum Gasteiger partial charge on any atom is 0.301 e. The Morgan fingerprint density at radius 3 is 2.41 bits per heavy atom. The number of aliphatic hydroxyl groups excluding tert-OH is 1. The van der Waals surface area contributed by atoms with Gasteiger partial charge in [-0.25, -0.2) is 4.98 Å². The van der Waals surface area contributed by atoms with Crippen LogP contribution in [0.1, 0.15) is 55.0 Å². The van der Waals surface area contributed by atoms with E-state index in [0.29, 0.717) is 29.0 Å². The van der Waals surface area contributed by atoms with Gasteiger partial charge in [0.05, 0.1) is 28.4 Å². The van der Waals surface area contributed by atoms with Gasteiger partial charge in [0.2, 0.25) is 0 Å². The smallest absolute Gasteiger partial charge is 0.301 e. The summed E-state index contributed by atoms with van der Waals surface area (Å²) in [5.41, 5.74) is 4.19. The van der Waals surface area contributed by atoms with Crippen molar-refractivity contribution in [1.82, 2.24) is 4.98 Å². The van der Waals surface area contributed by atoms with Crippen LogP contribution >= 0.6 is 11.3 Å². The van der Waals surface area contributed by atoms with Gasteiger partial charge >= 0.3 is 5.91 Å². The van der Waals surface area contributed by atoms with Gasteiger partial charge in [-0.05, 0) is 72.9 Å². The second-order valence-corrected chi connectivity index (χ2v) is 10.4. The van der Waals surface area contributed by atoms with E-state index in [1.165, 1.54) is 16.2 Å². The van der Waals surface area contributed by atoms with Gasteiger partial charge in [-0.1, -0.05) is 55.5 Å². The Morgan fingerprint density at radius 1 is 1.05 bits per heavy atom. The van der Waals surface area contributed by atoms with Crippen LogP contribution in [0.4, 0.5) is 5.13 Å². The molecule has 1 aromatic heterocycles. The fourth-order valence-corrected chi connectivity index (χ4v) is 5.65. The molecule has 1 saturated heterocycles. The third kappa shape index (κ3) is 4.51. The zero-order valence-corrected chi connectivity index (χ0v) is 22.0. The van der Waals surface area contributed by atoms with Gasteiger partial charge in [0.15, 0.2) is 5.13 Å². The molecule has 1 amide bonds. The highest BCUT2D eigenvalue weighted by molar-refractivity contribution is 7.22. The van der Waals surface area contributed by atoms with Crippen molar-refractivity contribution in [2.45, 2.75) is 39.7 Å². The second kappa shape index (κ2) is 9.82. The summed E-state index contributed by atoms with van der Waals surface area (Å²) < 4.78 is 6.43. The van der Waals surface area contributed by atoms with E-state index in [0.717, 1.165) is 26.9 Å². The zero-order chi connectivity index (χ0) is 26.3. The van der Waals surface area contributed by atoms with Crippen molar-refractivity contribution in [2.75, 3.05) is 11.5 Å². The number of Topliss-reactive ketones (excluding diaryl/α,β-unsaturated/α-hetero) is 1. The molecule has 0 saturated carbocycles. The second-order valence-electron chi connectivity index (χ2n) is 9.42. The molecule has 0 aliphatic carbocycles. The molecule has 1 aliphatic heterocycles. The van der Waals surface area contributed by atoms with Crippen molar-refractivity contribution in [3.63, 3.8) is 0 Å². The molecule has 0 spiro atoms. The Bertz CT molecular complexity index is 1520. The molecule has 3 aromatic carbocycles. The number of ether oxygens (including phenoxy) is 1. The van der Waals surface area contributed by atoms with Crippen molar-refractivity contribution in [3.05, 3.63) is 94.6 Å². The fourth-order valence-electron chi connectivity index (χ4n) is 4.56. The van der Waals surface area contributed by atoms with Gasteiger partial charge in [-0.15, -0.1) is 0 Å². The average Bonchev–Trinajstić information content (AvgIpc) is 3.42. The molecule has 188 valence electrons. The number of nitrogens with zero attached hydrogens (tertiary/aromatic N) is 2. The number of amides is 1. The number of carbonyl (C=O) groups excluding carboxylic acids is 2. The van der Waals surface area contributed by atoms with Crippen LogP contribution in [0, 0.1) is 6.92 Å². The molecular formula is C30H28N2O4S. The molecular weight excluding hydrogens is 484 g/mol. The summed E-state index contributed by atoms with van der Waals surface area (Å²) in [5, 5.41) is 11.8. The third-order valence-corrected chi connectivity index (χ3v) is 7.56. The van der Waals surface area contributed by atoms with Crippen molar-refractivity contribution < 1.29 is 19.4 Å². The van der Waals surface area contributed by atoms with E-state index >= 15 is 0 Å². The lowest BCUT2D eigenvalue weighted by atomic mass is 9.93. The third-order valence-electron chi connectivity index (χ3n) is 6.54. The molecule has 7 heteroatoms. The summed E-state index contributed by atoms with van der Waals surface area (Å²) in [6, 6.07) is 19.8. The molecule has 37 heavy (non-hydrogen) atoms. The molecule has 1 N–H and O–H groups in total. The lowest BCUT2D eigenvalue weighted by Crippen LogP contribution is -2.29. The van der Waals surface area contributed by atoms with Crippen molar-refractivity contribution in [2.24, 2.45) is 0 Å². The Kier molecular flexibility index (Phi) is 6.56. The quantitative estimate of drug-likeness (QED) is 0.176. The molecule has 0 bridgehead atoms. The summed E-state index contributed by atoms with van der Waals surface area (Å²) in [6.45, 7) is 8.62. The lowest BCUT2D eigenvalue weighted by molar-refractivity contribution is -0.132. The molecule has 0 radical (unpaired) electrons. The molecule has 1 aliphatic rings. The van der Waals surface area contributed by atoms with Crippen molar-refractivity contribution in [3.8, 4) is 5.75 Å². The van der Waals surface area contributed by atoms with Crippen LogP contribution in [0.2, 0.25) is 0 Å². The summed E-state index contributed by atoms with van der Waals surface area (Å²) in [5.74, 6) is -0.679. The van der Waals surface area contributed by atoms with E-state index < -0.39 is 17.7 Å². The van der Waals surface area contributed by atoms with Crippen molar-refractivity contribution in [1.29, 1.82) is 0 Å². The number of rotatable bonds is 6. The summed E-state index contributed by atoms with van der Waals surface area (Å²) >= 11 is 1.36. The normalized spacial score (nSPS) is 17.2. The van der Waals surface area contributed by atoms with Crippen LogP contribution in [-0.2, 0) is 9.59 Å². The van der Waals surface area contributed by atoms with Gasteiger partial charge < -0.3 is 9.84 Å². The molecule has 5 rings (SSSR count). The van der Waals surface area contributed by atoms with E-state index in [9.17, 15) is 14.7 Å². The topological polar surface area (TPSA) is 79.7 Å². The first kappa shape index (κ1) is 24.7. The van der Waals surface area contributed by atoms with Crippen LogP contribution in [0.3, 0.4) is 0 Å². The number of ketones is 1. The average molecular weight is 513 g/mol. The van der Waals surface area contributed by atoms with Gasteiger partial charge in [0.25, 0.3) is 5.78 Å². The summed E-state index contributed by atoms with van der Waals surface area (Å²) in [6.07, 6.45) is 0. The number of aromatic nitrogens is 1. The van der Waals surface area contributed by atoms with Crippen LogP contribution < -0.4 is 9.64 Å². The summed E-state index contributed by atoms with van der Waals surface area (Å²) in [7, 11) is 0. The van der Waals surface area contributed by atoms with E-state index in [2.05, 4.69) is 13.8 Å². The minimum Gasteiger partial charge on any atom is -0.507 e.